The number of aromatic hydroxyl groups is 1. The largest absolute Gasteiger partial charge is 0.507 e. The highest BCUT2D eigenvalue weighted by Gasteiger charge is 2.02. The smallest absolute Gasteiger partial charge is 0.124 e. The summed E-state index contributed by atoms with van der Waals surface area (Å²) in [5.41, 5.74) is 1.36. The van der Waals surface area contributed by atoms with Crippen LogP contribution in [-0.4, -0.2) is 17.9 Å². The Hall–Kier alpha value is -1.51. The molecule has 0 fully saturated rings. The molecule has 0 unspecified atom stereocenters. The summed E-state index contributed by atoms with van der Waals surface area (Å²) < 4.78 is 0. The van der Waals surface area contributed by atoms with Crippen molar-refractivity contribution in [3.8, 4) is 5.75 Å². The van der Waals surface area contributed by atoms with Gasteiger partial charge >= 0.3 is 0 Å². The standard InChI is InChI=1S/C9H11NO2.C2H6/c1-7(10-12-2)8-5-3-4-6-9(8)11;1-2/h3-6,11H,1-2H3;1-2H3. The lowest BCUT2D eigenvalue weighted by molar-refractivity contribution is 0.213. The second-order valence-corrected chi connectivity index (χ2v) is 2.38. The number of para-hydroxylation sites is 1. The van der Waals surface area contributed by atoms with Gasteiger partial charge in [0.1, 0.15) is 12.9 Å². The normalized spacial score (nSPS) is 10.1. The van der Waals surface area contributed by atoms with Gasteiger partial charge in [0.25, 0.3) is 0 Å². The van der Waals surface area contributed by atoms with Crippen molar-refractivity contribution in [1.29, 1.82) is 0 Å². The number of benzene rings is 1. The van der Waals surface area contributed by atoms with Crippen LogP contribution in [0.1, 0.15) is 26.3 Å². The Bertz CT molecular complexity index is 295. The Labute approximate surface area is 85.0 Å². The first-order chi connectivity index (χ1) is 6.75. The summed E-state index contributed by atoms with van der Waals surface area (Å²) in [5.74, 6) is 0.218. The lowest BCUT2D eigenvalue weighted by atomic mass is 10.1. The van der Waals surface area contributed by atoms with Crippen LogP contribution in [0.4, 0.5) is 0 Å². The minimum absolute atomic E-state index is 0.218. The van der Waals surface area contributed by atoms with Gasteiger partial charge in [-0.15, -0.1) is 0 Å². The van der Waals surface area contributed by atoms with Crippen LogP contribution in [0.5, 0.6) is 5.75 Å². The van der Waals surface area contributed by atoms with Gasteiger partial charge in [-0.2, -0.15) is 0 Å². The van der Waals surface area contributed by atoms with Gasteiger partial charge < -0.3 is 9.94 Å². The van der Waals surface area contributed by atoms with Crippen LogP contribution >= 0.6 is 0 Å². The molecule has 0 radical (unpaired) electrons. The van der Waals surface area contributed by atoms with Crippen molar-refractivity contribution in [3.63, 3.8) is 0 Å². The quantitative estimate of drug-likeness (QED) is 0.582. The van der Waals surface area contributed by atoms with E-state index in [1.54, 1.807) is 25.1 Å². The van der Waals surface area contributed by atoms with Crippen LogP contribution in [0, 0.1) is 0 Å². The molecule has 0 aliphatic rings. The molecule has 0 amide bonds. The molecule has 3 heteroatoms. The van der Waals surface area contributed by atoms with Crippen molar-refractivity contribution >= 4 is 5.71 Å². The summed E-state index contributed by atoms with van der Waals surface area (Å²) in [6.45, 7) is 5.78. The fraction of sp³-hybridized carbons (Fsp3) is 0.364. The number of phenolic OH excluding ortho intramolecular Hbond substituents is 1. The highest BCUT2D eigenvalue weighted by atomic mass is 16.6. The van der Waals surface area contributed by atoms with Gasteiger partial charge in [-0.25, -0.2) is 0 Å². The number of rotatable bonds is 2. The molecule has 0 atom stereocenters. The van der Waals surface area contributed by atoms with E-state index in [0.29, 0.717) is 11.3 Å². The van der Waals surface area contributed by atoms with E-state index < -0.39 is 0 Å². The first kappa shape index (κ1) is 12.5. The monoisotopic (exact) mass is 195 g/mol. The third-order valence-electron chi connectivity index (χ3n) is 1.52. The van der Waals surface area contributed by atoms with E-state index in [9.17, 15) is 5.11 Å². The summed E-state index contributed by atoms with van der Waals surface area (Å²) in [4.78, 5) is 4.59. The molecule has 0 bridgehead atoms. The van der Waals surface area contributed by atoms with Crippen molar-refractivity contribution in [2.24, 2.45) is 5.16 Å². The van der Waals surface area contributed by atoms with E-state index in [0.717, 1.165) is 0 Å². The number of phenols is 1. The maximum atomic E-state index is 9.37. The average molecular weight is 195 g/mol. The van der Waals surface area contributed by atoms with Gasteiger partial charge in [-0.3, -0.25) is 0 Å². The maximum absolute atomic E-state index is 9.37. The number of oxime groups is 1. The van der Waals surface area contributed by atoms with Gasteiger partial charge in [0.15, 0.2) is 0 Å². The van der Waals surface area contributed by atoms with Crippen LogP contribution in [0.2, 0.25) is 0 Å². The number of hydrogen-bond donors (Lipinski definition) is 1. The highest BCUT2D eigenvalue weighted by Crippen LogP contribution is 2.16. The summed E-state index contributed by atoms with van der Waals surface area (Å²) in [7, 11) is 1.48. The fourth-order valence-corrected chi connectivity index (χ4v) is 0.966. The Morgan fingerprint density at radius 1 is 1.29 bits per heavy atom. The van der Waals surface area contributed by atoms with Crippen molar-refractivity contribution < 1.29 is 9.94 Å². The molecule has 1 rings (SSSR count). The first-order valence-electron chi connectivity index (χ1n) is 4.62. The predicted octanol–water partition coefficient (Wildman–Crippen LogP) is 2.79. The lowest BCUT2D eigenvalue weighted by Gasteiger charge is -2.01. The highest BCUT2D eigenvalue weighted by molar-refractivity contribution is 6.00. The molecule has 0 heterocycles. The van der Waals surface area contributed by atoms with Gasteiger partial charge in [0.2, 0.25) is 0 Å². The Balaban J connectivity index is 0.000000791. The van der Waals surface area contributed by atoms with Gasteiger partial charge in [0.05, 0.1) is 5.71 Å². The SMILES string of the molecule is CC.CON=C(C)c1ccccc1O. The number of nitrogens with zero attached hydrogens (tertiary/aromatic N) is 1. The molecule has 1 aromatic carbocycles. The second-order valence-electron chi connectivity index (χ2n) is 2.38. The Morgan fingerprint density at radius 2 is 1.86 bits per heavy atom. The van der Waals surface area contributed by atoms with Gasteiger partial charge in [-0.1, -0.05) is 31.1 Å². The maximum Gasteiger partial charge on any atom is 0.124 e. The van der Waals surface area contributed by atoms with Crippen LogP contribution in [-0.2, 0) is 4.84 Å². The third-order valence-corrected chi connectivity index (χ3v) is 1.52. The molecular weight excluding hydrogens is 178 g/mol. The van der Waals surface area contributed by atoms with Crippen molar-refractivity contribution in [1.82, 2.24) is 0 Å². The molecule has 0 spiro atoms. The van der Waals surface area contributed by atoms with Crippen molar-refractivity contribution in [2.75, 3.05) is 7.11 Å². The molecule has 0 aliphatic carbocycles. The number of hydrogen-bond acceptors (Lipinski definition) is 3. The Kier molecular flexibility index (Phi) is 6.20. The molecule has 14 heavy (non-hydrogen) atoms. The van der Waals surface area contributed by atoms with Crippen LogP contribution in [0.3, 0.4) is 0 Å². The molecular formula is C11H17NO2. The van der Waals surface area contributed by atoms with E-state index in [1.165, 1.54) is 7.11 Å². The molecule has 0 aromatic heterocycles. The van der Waals surface area contributed by atoms with Crippen molar-refractivity contribution in [2.45, 2.75) is 20.8 Å². The summed E-state index contributed by atoms with van der Waals surface area (Å²) >= 11 is 0. The minimum Gasteiger partial charge on any atom is -0.507 e. The second kappa shape index (κ2) is 6.95. The zero-order valence-corrected chi connectivity index (χ0v) is 9.11. The van der Waals surface area contributed by atoms with E-state index in [1.807, 2.05) is 19.9 Å². The summed E-state index contributed by atoms with van der Waals surface area (Å²) in [6.07, 6.45) is 0. The molecule has 78 valence electrons. The first-order valence-corrected chi connectivity index (χ1v) is 4.62. The molecule has 3 nitrogen and oxygen atoms in total. The fourth-order valence-electron chi connectivity index (χ4n) is 0.966. The van der Waals surface area contributed by atoms with Gasteiger partial charge in [-0.05, 0) is 19.1 Å². The third kappa shape index (κ3) is 3.47. The van der Waals surface area contributed by atoms with Crippen LogP contribution < -0.4 is 0 Å². The summed E-state index contributed by atoms with van der Waals surface area (Å²) in [6, 6.07) is 7.00. The van der Waals surface area contributed by atoms with Gasteiger partial charge in [0, 0.05) is 5.56 Å². The zero-order valence-electron chi connectivity index (χ0n) is 9.11. The minimum atomic E-state index is 0.218. The molecule has 0 aliphatic heterocycles. The van der Waals surface area contributed by atoms with Crippen LogP contribution in [0.25, 0.3) is 0 Å². The van der Waals surface area contributed by atoms with E-state index in [-0.39, 0.29) is 5.75 Å². The van der Waals surface area contributed by atoms with E-state index in [2.05, 4.69) is 9.99 Å². The molecule has 0 saturated heterocycles. The van der Waals surface area contributed by atoms with E-state index in [4.69, 9.17) is 0 Å². The summed E-state index contributed by atoms with van der Waals surface area (Å²) in [5, 5.41) is 13.1. The van der Waals surface area contributed by atoms with E-state index >= 15 is 0 Å². The zero-order chi connectivity index (χ0) is 11.0. The molecule has 0 saturated carbocycles. The Morgan fingerprint density at radius 3 is 2.36 bits per heavy atom. The topological polar surface area (TPSA) is 41.8 Å². The lowest BCUT2D eigenvalue weighted by Crippen LogP contribution is -1.95. The van der Waals surface area contributed by atoms with Crippen LogP contribution in [0.15, 0.2) is 29.4 Å². The molecule has 1 N–H and O–H groups in total. The molecule has 1 aromatic rings. The van der Waals surface area contributed by atoms with Crippen molar-refractivity contribution in [3.05, 3.63) is 29.8 Å². The predicted molar refractivity (Wildman–Crippen MR) is 58.7 cm³/mol. The average Bonchev–Trinajstić information content (AvgIpc) is 2.22.